The lowest BCUT2D eigenvalue weighted by molar-refractivity contribution is 0.157. The van der Waals surface area contributed by atoms with Gasteiger partial charge in [0.05, 0.1) is 0 Å². The van der Waals surface area contributed by atoms with Crippen LogP contribution in [-0.4, -0.2) is 17.5 Å². The van der Waals surface area contributed by atoms with Crippen LogP contribution >= 0.6 is 0 Å². The smallest absolute Gasteiger partial charge is 0.0328 e. The third-order valence-corrected chi connectivity index (χ3v) is 3.42. The van der Waals surface area contributed by atoms with E-state index in [1.807, 2.05) is 6.08 Å². The fourth-order valence-corrected chi connectivity index (χ4v) is 2.61. The van der Waals surface area contributed by atoms with Crippen LogP contribution in [0.1, 0.15) is 31.0 Å². The zero-order valence-electron chi connectivity index (χ0n) is 9.61. The predicted octanol–water partition coefficient (Wildman–Crippen LogP) is 3.18. The Morgan fingerprint density at radius 1 is 1.40 bits per heavy atom. The molecule has 0 fully saturated rings. The molecular formula is C14H19N. The highest BCUT2D eigenvalue weighted by Gasteiger charge is 2.27. The Morgan fingerprint density at radius 2 is 2.13 bits per heavy atom. The Morgan fingerprint density at radius 3 is 2.87 bits per heavy atom. The second-order valence-electron chi connectivity index (χ2n) is 4.41. The third-order valence-electron chi connectivity index (χ3n) is 3.42. The lowest BCUT2D eigenvalue weighted by atomic mass is 9.89. The zero-order chi connectivity index (χ0) is 10.8. The Kier molecular flexibility index (Phi) is 2.92. The molecule has 1 heteroatoms. The molecule has 0 radical (unpaired) electrons. The number of hydrogen-bond acceptors (Lipinski definition) is 1. The van der Waals surface area contributed by atoms with Gasteiger partial charge in [0.1, 0.15) is 0 Å². The van der Waals surface area contributed by atoms with Crippen LogP contribution in [0.2, 0.25) is 0 Å². The number of rotatable bonds is 2. The maximum atomic E-state index is 3.84. The summed E-state index contributed by atoms with van der Waals surface area (Å²) in [6.07, 6.45) is 3.16. The fourth-order valence-electron chi connectivity index (χ4n) is 2.61. The first kappa shape index (κ1) is 10.4. The maximum Gasteiger partial charge on any atom is 0.0328 e. The number of hydrogen-bond donors (Lipinski definition) is 0. The highest BCUT2D eigenvalue weighted by molar-refractivity contribution is 5.33. The van der Waals surface area contributed by atoms with E-state index in [0.717, 1.165) is 13.0 Å². The van der Waals surface area contributed by atoms with Gasteiger partial charge in [0.25, 0.3) is 0 Å². The van der Waals surface area contributed by atoms with E-state index in [4.69, 9.17) is 0 Å². The number of fused-ring (bicyclic) bond motifs is 1. The number of benzene rings is 1. The molecule has 1 nitrogen and oxygen atoms in total. The van der Waals surface area contributed by atoms with E-state index in [2.05, 4.69) is 49.6 Å². The molecule has 1 aromatic rings. The van der Waals surface area contributed by atoms with Crippen molar-refractivity contribution >= 4 is 0 Å². The molecule has 1 aliphatic rings. The van der Waals surface area contributed by atoms with E-state index in [0.29, 0.717) is 12.1 Å². The molecular weight excluding hydrogens is 182 g/mol. The standard InChI is InChI=1S/C14H19N/c1-4-9-15-11(2)10-13-7-5-6-8-14(13)12(15)3/h4-8,11-12H,1,9-10H2,2-3H3/t11-,12+/m1/s1. The molecule has 1 aromatic carbocycles. The Hall–Kier alpha value is -1.08. The summed E-state index contributed by atoms with van der Waals surface area (Å²) in [6.45, 7) is 9.41. The monoisotopic (exact) mass is 201 g/mol. The summed E-state index contributed by atoms with van der Waals surface area (Å²) in [5, 5.41) is 0. The largest absolute Gasteiger partial charge is 0.290 e. The van der Waals surface area contributed by atoms with E-state index < -0.39 is 0 Å². The van der Waals surface area contributed by atoms with Crippen molar-refractivity contribution in [3.05, 3.63) is 48.0 Å². The van der Waals surface area contributed by atoms with E-state index in [1.165, 1.54) is 11.1 Å². The molecule has 0 saturated carbocycles. The molecule has 0 aliphatic carbocycles. The van der Waals surface area contributed by atoms with Crippen molar-refractivity contribution in [2.45, 2.75) is 32.4 Å². The highest BCUT2D eigenvalue weighted by Crippen LogP contribution is 2.32. The number of nitrogens with zero attached hydrogens (tertiary/aromatic N) is 1. The van der Waals surface area contributed by atoms with Gasteiger partial charge in [-0.1, -0.05) is 30.3 Å². The summed E-state index contributed by atoms with van der Waals surface area (Å²) in [5.74, 6) is 0. The molecule has 2 atom stereocenters. The normalized spacial score (nSPS) is 26.0. The summed E-state index contributed by atoms with van der Waals surface area (Å²) in [4.78, 5) is 2.51. The van der Waals surface area contributed by atoms with Gasteiger partial charge < -0.3 is 0 Å². The molecule has 0 saturated heterocycles. The summed E-state index contributed by atoms with van der Waals surface area (Å²) in [7, 11) is 0. The van der Waals surface area contributed by atoms with Crippen LogP contribution in [0.15, 0.2) is 36.9 Å². The molecule has 0 spiro atoms. The molecule has 80 valence electrons. The first-order valence-electron chi connectivity index (χ1n) is 5.68. The van der Waals surface area contributed by atoms with E-state index >= 15 is 0 Å². The Balaban J connectivity index is 2.33. The van der Waals surface area contributed by atoms with Gasteiger partial charge in [-0.15, -0.1) is 6.58 Å². The molecule has 1 aliphatic heterocycles. The molecule has 0 bridgehead atoms. The molecule has 1 heterocycles. The summed E-state index contributed by atoms with van der Waals surface area (Å²) in [5.41, 5.74) is 3.00. The van der Waals surface area contributed by atoms with Gasteiger partial charge in [-0.25, -0.2) is 0 Å². The Labute approximate surface area is 92.4 Å². The summed E-state index contributed by atoms with van der Waals surface area (Å²) >= 11 is 0. The summed E-state index contributed by atoms with van der Waals surface area (Å²) < 4.78 is 0. The van der Waals surface area contributed by atoms with Gasteiger partial charge in [0.2, 0.25) is 0 Å². The SMILES string of the molecule is C=CCN1[C@H](C)Cc2ccccc2[C@@H]1C. The van der Waals surface area contributed by atoms with Crippen molar-refractivity contribution in [2.75, 3.05) is 6.54 Å². The average molecular weight is 201 g/mol. The fraction of sp³-hybridized carbons (Fsp3) is 0.429. The van der Waals surface area contributed by atoms with E-state index in [-0.39, 0.29) is 0 Å². The summed E-state index contributed by atoms with van der Waals surface area (Å²) in [6, 6.07) is 9.92. The third kappa shape index (κ3) is 1.84. The molecule has 2 rings (SSSR count). The van der Waals surface area contributed by atoms with Crippen molar-refractivity contribution in [1.82, 2.24) is 4.90 Å². The van der Waals surface area contributed by atoms with Gasteiger partial charge in [-0.05, 0) is 31.4 Å². The first-order valence-corrected chi connectivity index (χ1v) is 5.68. The minimum atomic E-state index is 0.517. The van der Waals surface area contributed by atoms with Crippen LogP contribution in [0.3, 0.4) is 0 Å². The second kappa shape index (κ2) is 4.19. The molecule has 0 aromatic heterocycles. The topological polar surface area (TPSA) is 3.24 Å². The lowest BCUT2D eigenvalue weighted by Gasteiger charge is -2.39. The van der Waals surface area contributed by atoms with Crippen LogP contribution in [-0.2, 0) is 6.42 Å². The molecule has 0 unspecified atom stereocenters. The van der Waals surface area contributed by atoms with Crippen molar-refractivity contribution in [3.8, 4) is 0 Å². The quantitative estimate of drug-likeness (QED) is 0.664. The van der Waals surface area contributed by atoms with Crippen LogP contribution in [0, 0.1) is 0 Å². The van der Waals surface area contributed by atoms with Crippen LogP contribution in [0.4, 0.5) is 0 Å². The van der Waals surface area contributed by atoms with E-state index in [1.54, 1.807) is 0 Å². The van der Waals surface area contributed by atoms with Crippen LogP contribution in [0.25, 0.3) is 0 Å². The van der Waals surface area contributed by atoms with Gasteiger partial charge in [0, 0.05) is 18.6 Å². The van der Waals surface area contributed by atoms with Crippen molar-refractivity contribution in [3.63, 3.8) is 0 Å². The zero-order valence-corrected chi connectivity index (χ0v) is 9.61. The minimum absolute atomic E-state index is 0.517. The van der Waals surface area contributed by atoms with Gasteiger partial charge in [0.15, 0.2) is 0 Å². The van der Waals surface area contributed by atoms with Crippen LogP contribution < -0.4 is 0 Å². The van der Waals surface area contributed by atoms with E-state index in [9.17, 15) is 0 Å². The van der Waals surface area contributed by atoms with Crippen molar-refractivity contribution < 1.29 is 0 Å². The minimum Gasteiger partial charge on any atom is -0.290 e. The first-order chi connectivity index (χ1) is 7.24. The van der Waals surface area contributed by atoms with Crippen LogP contribution in [0.5, 0.6) is 0 Å². The van der Waals surface area contributed by atoms with Crippen molar-refractivity contribution in [1.29, 1.82) is 0 Å². The second-order valence-corrected chi connectivity index (χ2v) is 4.41. The van der Waals surface area contributed by atoms with Gasteiger partial charge in [-0.2, -0.15) is 0 Å². The highest BCUT2D eigenvalue weighted by atomic mass is 15.2. The average Bonchev–Trinajstić information content (AvgIpc) is 2.24. The predicted molar refractivity (Wildman–Crippen MR) is 64.9 cm³/mol. The van der Waals surface area contributed by atoms with Gasteiger partial charge >= 0.3 is 0 Å². The molecule has 15 heavy (non-hydrogen) atoms. The Bertz CT molecular complexity index is 356. The molecule has 0 amide bonds. The van der Waals surface area contributed by atoms with Gasteiger partial charge in [-0.3, -0.25) is 4.90 Å². The van der Waals surface area contributed by atoms with Crippen molar-refractivity contribution in [2.24, 2.45) is 0 Å². The molecule has 0 N–H and O–H groups in total. The maximum absolute atomic E-state index is 3.84. The lowest BCUT2D eigenvalue weighted by Crippen LogP contribution is -2.40.